The summed E-state index contributed by atoms with van der Waals surface area (Å²) < 4.78 is 7.69. The van der Waals surface area contributed by atoms with Gasteiger partial charge in [0.15, 0.2) is 0 Å². The van der Waals surface area contributed by atoms with E-state index in [0.717, 1.165) is 0 Å². The van der Waals surface area contributed by atoms with Crippen LogP contribution < -0.4 is 10.4 Å². The van der Waals surface area contributed by atoms with Crippen LogP contribution in [0.15, 0.2) is 182 Å². The maximum atomic E-state index is 7.69. The van der Waals surface area contributed by atoms with Gasteiger partial charge in [0, 0.05) is 0 Å². The van der Waals surface area contributed by atoms with Gasteiger partial charge in [-0.2, -0.15) is 0 Å². The molecule has 12 rings (SSSR count). The van der Waals surface area contributed by atoms with E-state index >= 15 is 0 Å². The van der Waals surface area contributed by atoms with Crippen LogP contribution in [0.5, 0.6) is 0 Å². The minimum atomic E-state index is -2.47. The van der Waals surface area contributed by atoms with Gasteiger partial charge in [-0.3, -0.25) is 0 Å². The Morgan fingerprint density at radius 3 is 0.881 bits per heavy atom. The average Bonchev–Trinajstić information content (AvgIpc) is 3.24. The molecule has 0 atom stereocenters. The van der Waals surface area contributed by atoms with Crippen LogP contribution in [0, 0.1) is 0 Å². The third-order valence-electron chi connectivity index (χ3n) is 13.1. The van der Waals surface area contributed by atoms with E-state index in [1.165, 1.54) is 118 Å². The Bertz CT molecular complexity index is 3520. The fourth-order valence-corrected chi connectivity index (χ4v) is 19.1. The molecule has 3 heteroatoms. The van der Waals surface area contributed by atoms with Crippen molar-refractivity contribution in [3.8, 4) is 0 Å². The monoisotopic (exact) mass is 786 g/mol. The molecule has 280 valence electrons. The second-order valence-corrected chi connectivity index (χ2v) is 25.6. The van der Waals surface area contributed by atoms with Gasteiger partial charge in [0.05, 0.1) is 0 Å². The van der Waals surface area contributed by atoms with Crippen molar-refractivity contribution in [2.75, 3.05) is 0 Å². The van der Waals surface area contributed by atoms with Gasteiger partial charge in [-0.15, -0.1) is 0 Å². The Kier molecular flexibility index (Phi) is 7.38. The molecule has 0 aliphatic heterocycles. The molecule has 0 aromatic heterocycles. The lowest BCUT2D eigenvalue weighted by Gasteiger charge is -2.36. The van der Waals surface area contributed by atoms with Crippen LogP contribution in [0.4, 0.5) is 0 Å². The van der Waals surface area contributed by atoms with Crippen LogP contribution in [0.3, 0.4) is 0 Å². The first-order chi connectivity index (χ1) is 28.6. The SMILES string of the molecule is C[Si](C)(O[Si](C)(C)c1cccc2cc3ccc4cc5cc6ccccc6cc5cc4c3cc12)c1cccc2cc3ccc4cc5cc6ccccc6cc5cc4c3cc12. The quantitative estimate of drug-likeness (QED) is 0.0981. The number of hydrogen-bond donors (Lipinski definition) is 0. The highest BCUT2D eigenvalue weighted by molar-refractivity contribution is 6.98. The van der Waals surface area contributed by atoms with Gasteiger partial charge in [0.25, 0.3) is 0 Å². The van der Waals surface area contributed by atoms with Gasteiger partial charge in [0.2, 0.25) is 16.6 Å². The fraction of sp³-hybridized carbons (Fsp3) is 0.0714. The topological polar surface area (TPSA) is 9.23 Å². The summed E-state index contributed by atoms with van der Waals surface area (Å²) in [7, 11) is -4.93. The molecule has 0 heterocycles. The lowest BCUT2D eigenvalue weighted by Crippen LogP contribution is -2.58. The van der Waals surface area contributed by atoms with Crippen LogP contribution >= 0.6 is 0 Å². The molecule has 0 saturated heterocycles. The molecule has 0 bridgehead atoms. The fourth-order valence-electron chi connectivity index (χ4n) is 10.3. The van der Waals surface area contributed by atoms with Crippen molar-refractivity contribution in [1.82, 2.24) is 0 Å². The van der Waals surface area contributed by atoms with Crippen LogP contribution in [-0.2, 0) is 4.12 Å². The predicted molar refractivity (Wildman–Crippen MR) is 263 cm³/mol. The molecule has 0 radical (unpaired) electrons. The Labute approximate surface area is 345 Å². The molecule has 12 aromatic rings. The second-order valence-electron chi connectivity index (χ2n) is 17.7. The lowest BCUT2D eigenvalue weighted by molar-refractivity contribution is 0.574. The number of rotatable bonds is 4. The molecule has 59 heavy (non-hydrogen) atoms. The Balaban J connectivity index is 0.979. The van der Waals surface area contributed by atoms with Crippen molar-refractivity contribution in [3.05, 3.63) is 182 Å². The van der Waals surface area contributed by atoms with E-state index in [-0.39, 0.29) is 0 Å². The molecule has 0 saturated carbocycles. The van der Waals surface area contributed by atoms with Crippen LogP contribution in [-0.4, -0.2) is 16.6 Å². The van der Waals surface area contributed by atoms with Crippen molar-refractivity contribution < 1.29 is 4.12 Å². The van der Waals surface area contributed by atoms with Crippen molar-refractivity contribution in [1.29, 1.82) is 0 Å². The van der Waals surface area contributed by atoms with Gasteiger partial charge in [-0.05, 0) is 217 Å². The second kappa shape index (κ2) is 12.6. The number of hydrogen-bond acceptors (Lipinski definition) is 1. The van der Waals surface area contributed by atoms with Gasteiger partial charge in [0.1, 0.15) is 0 Å². The molecule has 0 amide bonds. The van der Waals surface area contributed by atoms with Crippen molar-refractivity contribution >= 4 is 135 Å². The first kappa shape index (κ1) is 34.7. The largest absolute Gasteiger partial charge is 0.449 e. The van der Waals surface area contributed by atoms with E-state index in [2.05, 4.69) is 208 Å². The van der Waals surface area contributed by atoms with Gasteiger partial charge in [-0.1, -0.05) is 109 Å². The maximum absolute atomic E-state index is 7.69. The summed E-state index contributed by atoms with van der Waals surface area (Å²) in [6, 6.07) is 68.8. The zero-order valence-electron chi connectivity index (χ0n) is 33.7. The summed E-state index contributed by atoms with van der Waals surface area (Å²) in [4.78, 5) is 0. The molecule has 0 aliphatic rings. The highest BCUT2D eigenvalue weighted by Crippen LogP contribution is 2.36. The van der Waals surface area contributed by atoms with Crippen molar-refractivity contribution in [2.24, 2.45) is 0 Å². The van der Waals surface area contributed by atoms with Crippen LogP contribution in [0.2, 0.25) is 26.2 Å². The predicted octanol–water partition coefficient (Wildman–Crippen LogP) is 14.8. The summed E-state index contributed by atoms with van der Waals surface area (Å²) >= 11 is 0. The summed E-state index contributed by atoms with van der Waals surface area (Å²) in [5.74, 6) is 0. The van der Waals surface area contributed by atoms with Gasteiger partial charge < -0.3 is 4.12 Å². The third-order valence-corrected chi connectivity index (χ3v) is 20.7. The number of fused-ring (bicyclic) bond motifs is 12. The van der Waals surface area contributed by atoms with Crippen molar-refractivity contribution in [3.63, 3.8) is 0 Å². The van der Waals surface area contributed by atoms with Gasteiger partial charge >= 0.3 is 0 Å². The van der Waals surface area contributed by atoms with E-state index < -0.39 is 16.6 Å². The normalized spacial score (nSPS) is 12.8. The molecule has 1 nitrogen and oxygen atoms in total. The molecule has 12 aromatic carbocycles. The summed E-state index contributed by atoms with van der Waals surface area (Å²) in [5, 5.41) is 28.4. The van der Waals surface area contributed by atoms with E-state index in [1.54, 1.807) is 0 Å². The Morgan fingerprint density at radius 2 is 0.508 bits per heavy atom. The zero-order chi connectivity index (χ0) is 39.6. The summed E-state index contributed by atoms with van der Waals surface area (Å²) in [6.07, 6.45) is 0. The summed E-state index contributed by atoms with van der Waals surface area (Å²) in [5.41, 5.74) is 0. The maximum Gasteiger partial charge on any atom is 0.206 e. The number of benzene rings is 12. The summed E-state index contributed by atoms with van der Waals surface area (Å²) in [6.45, 7) is 9.63. The molecule has 0 spiro atoms. The Hall–Kier alpha value is -6.37. The van der Waals surface area contributed by atoms with Crippen molar-refractivity contribution in [2.45, 2.75) is 26.2 Å². The van der Waals surface area contributed by atoms with Crippen LogP contribution in [0.25, 0.3) is 108 Å². The zero-order valence-corrected chi connectivity index (χ0v) is 35.7. The molecule has 0 aliphatic carbocycles. The smallest absolute Gasteiger partial charge is 0.206 e. The molecule has 0 fully saturated rings. The molecule has 0 unspecified atom stereocenters. The van der Waals surface area contributed by atoms with E-state index in [1.807, 2.05) is 0 Å². The molecule has 0 N–H and O–H groups in total. The standard InChI is InChI=1S/C56H42OSi2/c1-58(2,55-17-9-15-39-27-41-19-21-43-29-45-23-35-11-5-7-13-37(35)25-47(45)31-49(43)51(41)33-53(39)55)57-59(3,4)56-18-10-16-40-28-42-20-22-44-30-46-24-36-12-6-8-14-38(36)26-48(46)32-50(44)52(42)34-54(40)56/h5-34H,1-4H3. The van der Waals surface area contributed by atoms with Gasteiger partial charge in [-0.25, -0.2) is 0 Å². The van der Waals surface area contributed by atoms with E-state index in [4.69, 9.17) is 4.12 Å². The minimum Gasteiger partial charge on any atom is -0.449 e. The lowest BCUT2D eigenvalue weighted by atomic mass is 9.95. The molecular weight excluding hydrogens is 745 g/mol. The van der Waals surface area contributed by atoms with Crippen LogP contribution in [0.1, 0.15) is 0 Å². The molecular formula is C56H42OSi2. The average molecular weight is 787 g/mol. The third kappa shape index (κ3) is 5.53. The first-order valence-corrected chi connectivity index (χ1v) is 26.6. The van der Waals surface area contributed by atoms with E-state index in [0.29, 0.717) is 0 Å². The first-order valence-electron chi connectivity index (χ1n) is 20.8. The highest BCUT2D eigenvalue weighted by Gasteiger charge is 2.38. The highest BCUT2D eigenvalue weighted by atomic mass is 28.4. The minimum absolute atomic E-state index is 1.27. The Morgan fingerprint density at radius 1 is 0.237 bits per heavy atom. The van der Waals surface area contributed by atoms with E-state index in [9.17, 15) is 0 Å².